The van der Waals surface area contributed by atoms with Gasteiger partial charge in [-0.1, -0.05) is 33.6 Å². The van der Waals surface area contributed by atoms with E-state index in [1.165, 1.54) is 71.2 Å². The van der Waals surface area contributed by atoms with Crippen molar-refractivity contribution >= 4 is 0 Å². The van der Waals surface area contributed by atoms with Crippen molar-refractivity contribution in [3.8, 4) is 0 Å². The molecule has 17 heavy (non-hydrogen) atoms. The molecule has 2 heteroatoms. The maximum absolute atomic E-state index is 3.57. The highest BCUT2D eigenvalue weighted by atomic mass is 15.1. The van der Waals surface area contributed by atoms with Crippen molar-refractivity contribution in [1.29, 1.82) is 0 Å². The van der Waals surface area contributed by atoms with Gasteiger partial charge >= 0.3 is 0 Å². The Morgan fingerprint density at radius 2 is 1.76 bits per heavy atom. The smallest absolute Gasteiger partial charge is 0.00475 e. The summed E-state index contributed by atoms with van der Waals surface area (Å²) in [5.41, 5.74) is 0.514. The van der Waals surface area contributed by atoms with E-state index in [2.05, 4.69) is 31.0 Å². The van der Waals surface area contributed by atoms with E-state index >= 15 is 0 Å². The predicted molar refractivity (Wildman–Crippen MR) is 76.5 cm³/mol. The molecule has 1 heterocycles. The first-order valence-electron chi connectivity index (χ1n) is 7.63. The Hall–Kier alpha value is -0.0800. The zero-order valence-electron chi connectivity index (χ0n) is 12.2. The first-order chi connectivity index (χ1) is 8.20. The van der Waals surface area contributed by atoms with E-state index in [0.29, 0.717) is 5.41 Å². The Labute approximate surface area is 108 Å². The molecule has 0 aromatic heterocycles. The summed E-state index contributed by atoms with van der Waals surface area (Å²) in [5, 5.41) is 3.57. The van der Waals surface area contributed by atoms with E-state index in [-0.39, 0.29) is 0 Å². The van der Waals surface area contributed by atoms with Gasteiger partial charge in [0, 0.05) is 13.1 Å². The molecule has 0 spiro atoms. The van der Waals surface area contributed by atoms with Crippen molar-refractivity contribution in [2.75, 3.05) is 32.7 Å². The summed E-state index contributed by atoms with van der Waals surface area (Å²) < 4.78 is 0. The van der Waals surface area contributed by atoms with Crippen LogP contribution in [0.5, 0.6) is 0 Å². The third kappa shape index (κ3) is 5.87. The van der Waals surface area contributed by atoms with E-state index in [0.717, 1.165) is 0 Å². The minimum absolute atomic E-state index is 0.514. The molecule has 1 atom stereocenters. The van der Waals surface area contributed by atoms with E-state index in [4.69, 9.17) is 0 Å². The summed E-state index contributed by atoms with van der Waals surface area (Å²) in [6.07, 6.45) is 8.09. The first kappa shape index (κ1) is 15.0. The molecule has 1 rings (SSSR count). The van der Waals surface area contributed by atoms with Gasteiger partial charge in [-0.25, -0.2) is 0 Å². The number of unbranched alkanes of at least 4 members (excludes halogenated alkanes) is 2. The molecule has 0 aromatic rings. The van der Waals surface area contributed by atoms with Gasteiger partial charge in [-0.3, -0.25) is 0 Å². The summed E-state index contributed by atoms with van der Waals surface area (Å²) in [4.78, 5) is 2.71. The van der Waals surface area contributed by atoms with Gasteiger partial charge in [-0.05, 0) is 50.7 Å². The standard InChI is InChI=1S/C15H32N2/c1-4-6-11-17(12-7-5-2)14-15(3)9-8-10-16-13-15/h16H,4-14H2,1-3H3. The topological polar surface area (TPSA) is 15.3 Å². The van der Waals surface area contributed by atoms with Crippen LogP contribution in [0, 0.1) is 5.41 Å². The quantitative estimate of drug-likeness (QED) is 0.700. The Morgan fingerprint density at radius 1 is 1.12 bits per heavy atom. The fraction of sp³-hybridized carbons (Fsp3) is 1.00. The minimum atomic E-state index is 0.514. The number of hydrogen-bond acceptors (Lipinski definition) is 2. The monoisotopic (exact) mass is 240 g/mol. The van der Waals surface area contributed by atoms with Crippen molar-refractivity contribution in [2.45, 2.75) is 59.3 Å². The van der Waals surface area contributed by atoms with Crippen LogP contribution in [-0.4, -0.2) is 37.6 Å². The fourth-order valence-electron chi connectivity index (χ4n) is 2.83. The number of nitrogens with one attached hydrogen (secondary N) is 1. The maximum Gasteiger partial charge on any atom is 0.00475 e. The van der Waals surface area contributed by atoms with Crippen molar-refractivity contribution in [3.05, 3.63) is 0 Å². The van der Waals surface area contributed by atoms with Crippen LogP contribution in [0.25, 0.3) is 0 Å². The highest BCUT2D eigenvalue weighted by Gasteiger charge is 2.28. The molecule has 0 bridgehead atoms. The summed E-state index contributed by atoms with van der Waals surface area (Å²) in [6, 6.07) is 0. The summed E-state index contributed by atoms with van der Waals surface area (Å²) in [7, 11) is 0. The van der Waals surface area contributed by atoms with Crippen molar-refractivity contribution < 1.29 is 0 Å². The molecule has 0 aliphatic carbocycles. The Morgan fingerprint density at radius 3 is 2.24 bits per heavy atom. The lowest BCUT2D eigenvalue weighted by Crippen LogP contribution is -2.46. The summed E-state index contributed by atoms with van der Waals surface area (Å²) in [6.45, 7) is 13.4. The molecule has 1 fully saturated rings. The summed E-state index contributed by atoms with van der Waals surface area (Å²) in [5.74, 6) is 0. The number of hydrogen-bond donors (Lipinski definition) is 1. The van der Waals surface area contributed by atoms with Gasteiger partial charge in [0.15, 0.2) is 0 Å². The highest BCUT2D eigenvalue weighted by Crippen LogP contribution is 2.26. The normalized spacial score (nSPS) is 25.4. The molecule has 1 unspecified atom stereocenters. The van der Waals surface area contributed by atoms with Crippen LogP contribution in [0.2, 0.25) is 0 Å². The van der Waals surface area contributed by atoms with Gasteiger partial charge < -0.3 is 10.2 Å². The molecule has 1 aliphatic rings. The molecule has 102 valence electrons. The molecule has 0 aromatic carbocycles. The second-order valence-corrected chi connectivity index (χ2v) is 6.07. The van der Waals surface area contributed by atoms with E-state index in [9.17, 15) is 0 Å². The molecular weight excluding hydrogens is 208 g/mol. The lowest BCUT2D eigenvalue weighted by Gasteiger charge is -2.38. The second kappa shape index (κ2) is 8.10. The van der Waals surface area contributed by atoms with Crippen molar-refractivity contribution in [1.82, 2.24) is 10.2 Å². The van der Waals surface area contributed by atoms with Crippen molar-refractivity contribution in [3.63, 3.8) is 0 Å². The third-order valence-corrected chi connectivity index (χ3v) is 3.95. The van der Waals surface area contributed by atoms with Crippen LogP contribution in [0.3, 0.4) is 0 Å². The maximum atomic E-state index is 3.57. The molecule has 0 saturated carbocycles. The van der Waals surface area contributed by atoms with Crippen LogP contribution < -0.4 is 5.32 Å². The van der Waals surface area contributed by atoms with E-state index < -0.39 is 0 Å². The SMILES string of the molecule is CCCCN(CCCC)CC1(C)CCCNC1. The molecule has 0 radical (unpaired) electrons. The Bertz CT molecular complexity index is 177. The average Bonchev–Trinajstić information content (AvgIpc) is 2.33. The lowest BCUT2D eigenvalue weighted by atomic mass is 9.82. The highest BCUT2D eigenvalue weighted by molar-refractivity contribution is 4.84. The van der Waals surface area contributed by atoms with Gasteiger partial charge in [-0.15, -0.1) is 0 Å². The van der Waals surface area contributed by atoms with E-state index in [1.807, 2.05) is 0 Å². The minimum Gasteiger partial charge on any atom is -0.316 e. The molecule has 1 N–H and O–H groups in total. The molecule has 1 aliphatic heterocycles. The number of piperidine rings is 1. The van der Waals surface area contributed by atoms with Crippen LogP contribution in [0.1, 0.15) is 59.3 Å². The van der Waals surface area contributed by atoms with Gasteiger partial charge in [0.1, 0.15) is 0 Å². The number of rotatable bonds is 8. The van der Waals surface area contributed by atoms with Crippen LogP contribution >= 0.6 is 0 Å². The van der Waals surface area contributed by atoms with Gasteiger partial charge in [0.25, 0.3) is 0 Å². The zero-order valence-corrected chi connectivity index (χ0v) is 12.2. The first-order valence-corrected chi connectivity index (χ1v) is 7.63. The number of nitrogens with zero attached hydrogens (tertiary/aromatic N) is 1. The zero-order chi connectivity index (χ0) is 12.6. The van der Waals surface area contributed by atoms with Gasteiger partial charge in [-0.2, -0.15) is 0 Å². The van der Waals surface area contributed by atoms with Crippen LogP contribution in [0.15, 0.2) is 0 Å². The molecule has 1 saturated heterocycles. The average molecular weight is 240 g/mol. The van der Waals surface area contributed by atoms with Gasteiger partial charge in [0.05, 0.1) is 0 Å². The summed E-state index contributed by atoms with van der Waals surface area (Å²) >= 11 is 0. The van der Waals surface area contributed by atoms with Crippen LogP contribution in [-0.2, 0) is 0 Å². The molecule has 2 nitrogen and oxygen atoms in total. The molecule has 0 amide bonds. The largest absolute Gasteiger partial charge is 0.316 e. The Kier molecular flexibility index (Phi) is 7.14. The van der Waals surface area contributed by atoms with Gasteiger partial charge in [0.2, 0.25) is 0 Å². The van der Waals surface area contributed by atoms with Crippen LogP contribution in [0.4, 0.5) is 0 Å². The lowest BCUT2D eigenvalue weighted by molar-refractivity contribution is 0.130. The third-order valence-electron chi connectivity index (χ3n) is 3.95. The van der Waals surface area contributed by atoms with E-state index in [1.54, 1.807) is 0 Å². The Balaban J connectivity index is 2.38. The fourth-order valence-corrected chi connectivity index (χ4v) is 2.83. The molecular formula is C15H32N2. The van der Waals surface area contributed by atoms with Crippen molar-refractivity contribution in [2.24, 2.45) is 5.41 Å². The predicted octanol–water partition coefficient (Wildman–Crippen LogP) is 3.28. The second-order valence-electron chi connectivity index (χ2n) is 6.07.